The minimum Gasteiger partial charge on any atom is -0.315 e. The minimum atomic E-state index is -3.25. The van der Waals surface area contributed by atoms with Gasteiger partial charge in [-0.3, -0.25) is 0 Å². The molecule has 2 saturated heterocycles. The molecule has 0 bridgehead atoms. The molecule has 2 fully saturated rings. The van der Waals surface area contributed by atoms with E-state index in [9.17, 15) is 8.42 Å². The van der Waals surface area contributed by atoms with E-state index < -0.39 is 10.2 Å². The first-order valence-electron chi connectivity index (χ1n) is 7.14. The molecule has 2 rings (SSSR count). The lowest BCUT2D eigenvalue weighted by atomic mass is 10.2. The molecule has 1 N–H and O–H groups in total. The van der Waals surface area contributed by atoms with E-state index in [2.05, 4.69) is 5.32 Å². The number of hydrogen-bond acceptors (Lipinski definition) is 3. The van der Waals surface area contributed by atoms with Crippen molar-refractivity contribution in [3.63, 3.8) is 0 Å². The van der Waals surface area contributed by atoms with E-state index >= 15 is 0 Å². The van der Waals surface area contributed by atoms with E-state index in [0.717, 1.165) is 45.2 Å². The zero-order valence-corrected chi connectivity index (χ0v) is 12.1. The minimum absolute atomic E-state index is 0.142. The molecule has 5 nitrogen and oxygen atoms in total. The Morgan fingerprint density at radius 3 is 2.39 bits per heavy atom. The number of rotatable bonds is 4. The Morgan fingerprint density at radius 2 is 1.89 bits per heavy atom. The van der Waals surface area contributed by atoms with Crippen LogP contribution in [0.1, 0.15) is 39.0 Å². The van der Waals surface area contributed by atoms with E-state index in [-0.39, 0.29) is 6.04 Å². The van der Waals surface area contributed by atoms with Crippen molar-refractivity contribution in [1.82, 2.24) is 13.9 Å². The highest BCUT2D eigenvalue weighted by atomic mass is 32.2. The van der Waals surface area contributed by atoms with Crippen LogP contribution in [0.4, 0.5) is 0 Å². The molecule has 0 aromatic carbocycles. The number of nitrogens with zero attached hydrogens (tertiary/aromatic N) is 2. The number of likely N-dealkylation sites (N-methyl/N-ethyl adjacent to an activating group) is 1. The summed E-state index contributed by atoms with van der Waals surface area (Å²) >= 11 is 0. The van der Waals surface area contributed by atoms with Crippen LogP contribution in [-0.4, -0.2) is 55.8 Å². The summed E-state index contributed by atoms with van der Waals surface area (Å²) in [5, 5.41) is 3.25. The molecule has 2 heterocycles. The van der Waals surface area contributed by atoms with Crippen molar-refractivity contribution in [3.05, 3.63) is 0 Å². The highest BCUT2D eigenvalue weighted by Crippen LogP contribution is 2.20. The Kier molecular flexibility index (Phi) is 5.00. The van der Waals surface area contributed by atoms with Crippen molar-refractivity contribution in [1.29, 1.82) is 0 Å². The van der Waals surface area contributed by atoms with Gasteiger partial charge in [0.05, 0.1) is 0 Å². The first-order valence-corrected chi connectivity index (χ1v) is 8.53. The molecule has 0 amide bonds. The van der Waals surface area contributed by atoms with Crippen LogP contribution in [0.5, 0.6) is 0 Å². The van der Waals surface area contributed by atoms with Crippen LogP contribution >= 0.6 is 0 Å². The molecule has 0 aromatic heterocycles. The molecule has 0 aliphatic carbocycles. The molecule has 106 valence electrons. The van der Waals surface area contributed by atoms with Gasteiger partial charge in [-0.1, -0.05) is 19.8 Å². The second kappa shape index (κ2) is 6.32. The lowest BCUT2D eigenvalue weighted by Gasteiger charge is -2.32. The van der Waals surface area contributed by atoms with Gasteiger partial charge in [-0.05, 0) is 25.8 Å². The smallest absolute Gasteiger partial charge is 0.282 e. The molecule has 1 atom stereocenters. The summed E-state index contributed by atoms with van der Waals surface area (Å²) in [6, 6.07) is 0.142. The van der Waals surface area contributed by atoms with Crippen molar-refractivity contribution < 1.29 is 8.42 Å². The average Bonchev–Trinajstić information content (AvgIpc) is 2.70. The summed E-state index contributed by atoms with van der Waals surface area (Å²) in [5.74, 6) is 0. The van der Waals surface area contributed by atoms with Crippen LogP contribution < -0.4 is 5.32 Å². The second-order valence-electron chi connectivity index (χ2n) is 5.17. The SMILES string of the molecule is CCN(C1CCNC1)S(=O)(=O)N1CCCCCC1. The Morgan fingerprint density at radius 1 is 1.22 bits per heavy atom. The summed E-state index contributed by atoms with van der Waals surface area (Å²) in [7, 11) is -3.25. The highest BCUT2D eigenvalue weighted by Gasteiger charge is 2.35. The van der Waals surface area contributed by atoms with Crippen LogP contribution in [0.25, 0.3) is 0 Å². The van der Waals surface area contributed by atoms with Crippen LogP contribution in [0.3, 0.4) is 0 Å². The van der Waals surface area contributed by atoms with E-state index in [1.165, 1.54) is 0 Å². The lowest BCUT2D eigenvalue weighted by molar-refractivity contribution is 0.303. The summed E-state index contributed by atoms with van der Waals surface area (Å²) in [6.07, 6.45) is 5.24. The van der Waals surface area contributed by atoms with Gasteiger partial charge in [-0.2, -0.15) is 17.0 Å². The molecule has 6 heteroatoms. The summed E-state index contributed by atoms with van der Waals surface area (Å²) in [5.41, 5.74) is 0. The van der Waals surface area contributed by atoms with Gasteiger partial charge in [0.25, 0.3) is 10.2 Å². The van der Waals surface area contributed by atoms with Crippen LogP contribution in [-0.2, 0) is 10.2 Å². The van der Waals surface area contributed by atoms with Gasteiger partial charge < -0.3 is 5.32 Å². The predicted molar refractivity (Wildman–Crippen MR) is 72.6 cm³/mol. The molecule has 0 radical (unpaired) electrons. The molecule has 2 aliphatic rings. The largest absolute Gasteiger partial charge is 0.315 e. The quantitative estimate of drug-likeness (QED) is 0.825. The summed E-state index contributed by atoms with van der Waals surface area (Å²) in [6.45, 7) is 5.62. The van der Waals surface area contributed by atoms with E-state index in [1.54, 1.807) is 8.61 Å². The molecule has 2 aliphatic heterocycles. The maximum Gasteiger partial charge on any atom is 0.282 e. The Bertz CT molecular complexity index is 344. The van der Waals surface area contributed by atoms with Crippen LogP contribution in [0.15, 0.2) is 0 Å². The molecule has 18 heavy (non-hydrogen) atoms. The number of hydrogen-bond donors (Lipinski definition) is 1. The first-order chi connectivity index (χ1) is 8.66. The standard InChI is InChI=1S/C12H25N3O2S/c1-2-15(12-7-8-13-11-12)18(16,17)14-9-5-3-4-6-10-14/h12-13H,2-11H2,1H3. The number of nitrogens with one attached hydrogen (secondary N) is 1. The molecule has 0 saturated carbocycles. The Labute approximate surface area is 111 Å². The van der Waals surface area contributed by atoms with Gasteiger partial charge in [0.2, 0.25) is 0 Å². The second-order valence-corrected chi connectivity index (χ2v) is 7.05. The summed E-state index contributed by atoms with van der Waals surface area (Å²) in [4.78, 5) is 0. The van der Waals surface area contributed by atoms with Crippen LogP contribution in [0.2, 0.25) is 0 Å². The third-order valence-corrected chi connectivity index (χ3v) is 6.11. The van der Waals surface area contributed by atoms with Crippen molar-refractivity contribution >= 4 is 10.2 Å². The van der Waals surface area contributed by atoms with Gasteiger partial charge in [0, 0.05) is 32.2 Å². The van der Waals surface area contributed by atoms with Crippen molar-refractivity contribution in [2.24, 2.45) is 0 Å². The third-order valence-electron chi connectivity index (χ3n) is 3.94. The first kappa shape index (κ1) is 14.2. The zero-order chi connectivity index (χ0) is 13.0. The van der Waals surface area contributed by atoms with Gasteiger partial charge in [0.15, 0.2) is 0 Å². The van der Waals surface area contributed by atoms with Gasteiger partial charge in [0.1, 0.15) is 0 Å². The molecule has 0 aromatic rings. The fourth-order valence-electron chi connectivity index (χ4n) is 2.92. The normalized spacial score (nSPS) is 27.6. The van der Waals surface area contributed by atoms with E-state index in [0.29, 0.717) is 19.6 Å². The zero-order valence-electron chi connectivity index (χ0n) is 11.3. The van der Waals surface area contributed by atoms with E-state index in [1.807, 2.05) is 6.92 Å². The highest BCUT2D eigenvalue weighted by molar-refractivity contribution is 7.86. The third kappa shape index (κ3) is 3.04. The predicted octanol–water partition coefficient (Wildman–Crippen LogP) is 0.791. The fourth-order valence-corrected chi connectivity index (χ4v) is 4.81. The molecule has 0 spiro atoms. The van der Waals surface area contributed by atoms with Crippen molar-refractivity contribution in [2.75, 3.05) is 32.7 Å². The summed E-state index contributed by atoms with van der Waals surface area (Å²) < 4.78 is 28.8. The van der Waals surface area contributed by atoms with Crippen LogP contribution in [0, 0.1) is 0 Å². The van der Waals surface area contributed by atoms with Gasteiger partial charge in [-0.25, -0.2) is 0 Å². The van der Waals surface area contributed by atoms with Gasteiger partial charge in [-0.15, -0.1) is 0 Å². The average molecular weight is 275 g/mol. The topological polar surface area (TPSA) is 52.7 Å². The molecular weight excluding hydrogens is 250 g/mol. The lowest BCUT2D eigenvalue weighted by Crippen LogP contribution is -2.49. The van der Waals surface area contributed by atoms with Gasteiger partial charge >= 0.3 is 0 Å². The van der Waals surface area contributed by atoms with E-state index in [4.69, 9.17) is 0 Å². The molecule has 1 unspecified atom stereocenters. The monoisotopic (exact) mass is 275 g/mol. The van der Waals surface area contributed by atoms with Crippen molar-refractivity contribution in [3.8, 4) is 0 Å². The maximum absolute atomic E-state index is 12.7. The Balaban J connectivity index is 2.10. The van der Waals surface area contributed by atoms with Crippen molar-refractivity contribution in [2.45, 2.75) is 45.1 Å². The Hall–Kier alpha value is -0.170. The maximum atomic E-state index is 12.7. The molecular formula is C12H25N3O2S. The fraction of sp³-hybridized carbons (Fsp3) is 1.00.